The maximum Gasteiger partial charge on any atom is 0.161 e. The highest BCUT2D eigenvalue weighted by Gasteiger charge is 2.20. The molecule has 0 fully saturated rings. The second-order valence-corrected chi connectivity index (χ2v) is 15.0. The van der Waals surface area contributed by atoms with Crippen LogP contribution in [-0.4, -0.2) is 14.5 Å². The number of aromatic nitrogens is 3. The zero-order valence-electron chi connectivity index (χ0n) is 36.7. The summed E-state index contributed by atoms with van der Waals surface area (Å²) in [5.41, 5.74) is 9.12. The van der Waals surface area contributed by atoms with Crippen molar-refractivity contribution in [3.05, 3.63) is 212 Å². The van der Waals surface area contributed by atoms with Crippen LogP contribution in [0, 0.1) is 0 Å². The molecule has 0 amide bonds. The summed E-state index contributed by atoms with van der Waals surface area (Å²) >= 11 is 0. The fraction of sp³-hybridized carbons (Fsp3) is 0. The molecule has 0 saturated heterocycles. The first-order chi connectivity index (χ1) is 31.3. The van der Waals surface area contributed by atoms with Crippen LogP contribution in [0.4, 0.5) is 0 Å². The average Bonchev–Trinajstić information content (AvgIpc) is 3.67. The van der Waals surface area contributed by atoms with Gasteiger partial charge >= 0.3 is 0 Å². The van der Waals surface area contributed by atoms with Crippen molar-refractivity contribution in [2.45, 2.75) is 0 Å². The second-order valence-electron chi connectivity index (χ2n) is 15.0. The molecule has 0 aliphatic carbocycles. The first-order valence-electron chi connectivity index (χ1n) is 22.2. The molecule has 2 heterocycles. The quantitative estimate of drug-likeness (QED) is 0.175. The van der Waals surface area contributed by atoms with Crippen molar-refractivity contribution in [1.29, 1.82) is 0 Å². The third-order valence-electron chi connectivity index (χ3n) is 11.7. The Bertz CT molecular complexity index is 3870. The van der Waals surface area contributed by atoms with Crippen LogP contribution in [0.25, 0.3) is 116 Å². The standard InChI is InChI=1S/C56H35N3/c1-3-13-36(14-4-1)38-23-25-40(26-24-38)55-48-29-27-43(37-15-5-2-6-16-37)34-50(48)57-56(58-55)47-30-32-51(46-22-12-11-21-45(46)47)59-52-31-28-39-17-9-10-20-44(39)54(52)49-33-41-18-7-8-19-42(41)35-53(49)59/h1-35H/i2D,5D,6D,15D,16D. The topological polar surface area (TPSA) is 30.7 Å². The van der Waals surface area contributed by atoms with E-state index in [9.17, 15) is 0 Å². The summed E-state index contributed by atoms with van der Waals surface area (Å²) < 4.78 is 44.9. The minimum Gasteiger partial charge on any atom is -0.309 e. The van der Waals surface area contributed by atoms with Gasteiger partial charge in [0.15, 0.2) is 5.82 Å². The average molecular weight is 755 g/mol. The number of hydrogen-bond acceptors (Lipinski definition) is 2. The van der Waals surface area contributed by atoms with Crippen molar-refractivity contribution in [2.24, 2.45) is 0 Å². The van der Waals surface area contributed by atoms with E-state index in [-0.39, 0.29) is 29.7 Å². The molecule has 0 N–H and O–H groups in total. The van der Waals surface area contributed by atoms with Gasteiger partial charge in [0.2, 0.25) is 0 Å². The Morgan fingerprint density at radius 3 is 1.86 bits per heavy atom. The van der Waals surface area contributed by atoms with E-state index < -0.39 is 6.04 Å². The van der Waals surface area contributed by atoms with Crippen LogP contribution >= 0.6 is 0 Å². The lowest BCUT2D eigenvalue weighted by molar-refractivity contribution is 1.19. The minimum absolute atomic E-state index is 0.128. The molecular formula is C56H35N3. The summed E-state index contributed by atoms with van der Waals surface area (Å²) in [6.07, 6.45) is 0. The van der Waals surface area contributed by atoms with Gasteiger partial charge in [0, 0.05) is 32.7 Å². The van der Waals surface area contributed by atoms with Gasteiger partial charge in [-0.15, -0.1) is 0 Å². The van der Waals surface area contributed by atoms with E-state index in [1.54, 1.807) is 6.07 Å². The molecule has 0 saturated carbocycles. The SMILES string of the molecule is [2H]c1c([2H])c([2H])c(-c2ccc3c(-c4ccc(-c5ccccc5)cc4)nc(-c4ccc(-n5c6cc7ccccc7cc6c6c7ccccc7ccc65)c5ccccc45)nc3c2)c([2H])c1[2H]. The first kappa shape index (κ1) is 28.5. The lowest BCUT2D eigenvalue weighted by Crippen LogP contribution is -1.99. The molecular weight excluding hydrogens is 715 g/mol. The summed E-state index contributed by atoms with van der Waals surface area (Å²) in [5, 5.41) is 9.94. The van der Waals surface area contributed by atoms with Gasteiger partial charge in [-0.2, -0.15) is 0 Å². The van der Waals surface area contributed by atoms with E-state index in [1.165, 1.54) is 32.3 Å². The van der Waals surface area contributed by atoms with Crippen LogP contribution in [0.15, 0.2) is 212 Å². The van der Waals surface area contributed by atoms with E-state index in [1.807, 2.05) is 36.4 Å². The van der Waals surface area contributed by atoms with E-state index in [0.717, 1.165) is 60.8 Å². The molecule has 0 spiro atoms. The molecule has 0 atom stereocenters. The Kier molecular flexibility index (Phi) is 6.46. The first-order valence-corrected chi connectivity index (χ1v) is 19.7. The molecule has 59 heavy (non-hydrogen) atoms. The minimum atomic E-state index is -0.427. The lowest BCUT2D eigenvalue weighted by Gasteiger charge is -2.16. The Morgan fingerprint density at radius 2 is 1.05 bits per heavy atom. The Hall–Kier alpha value is -7.88. The van der Waals surface area contributed by atoms with E-state index in [4.69, 9.17) is 16.8 Å². The van der Waals surface area contributed by atoms with Crippen LogP contribution < -0.4 is 0 Å². The van der Waals surface area contributed by atoms with Gasteiger partial charge in [-0.3, -0.25) is 0 Å². The van der Waals surface area contributed by atoms with Crippen LogP contribution in [0.5, 0.6) is 0 Å². The van der Waals surface area contributed by atoms with Crippen molar-refractivity contribution in [3.63, 3.8) is 0 Å². The Labute approximate surface area is 348 Å². The van der Waals surface area contributed by atoms with Gasteiger partial charge in [-0.05, 0) is 91.6 Å². The number of fused-ring (bicyclic) bond motifs is 8. The zero-order valence-corrected chi connectivity index (χ0v) is 31.7. The molecule has 12 rings (SSSR count). The summed E-state index contributed by atoms with van der Waals surface area (Å²) in [6.45, 7) is 0. The van der Waals surface area contributed by atoms with E-state index in [0.29, 0.717) is 16.9 Å². The molecule has 0 radical (unpaired) electrons. The molecule has 0 unspecified atom stereocenters. The number of benzene rings is 10. The van der Waals surface area contributed by atoms with Crippen molar-refractivity contribution >= 4 is 65.0 Å². The number of hydrogen-bond donors (Lipinski definition) is 0. The molecule has 12 aromatic rings. The second kappa shape index (κ2) is 13.4. The highest BCUT2D eigenvalue weighted by Crippen LogP contribution is 2.42. The van der Waals surface area contributed by atoms with Crippen LogP contribution in [0.1, 0.15) is 6.85 Å². The van der Waals surface area contributed by atoms with Gasteiger partial charge in [0.25, 0.3) is 0 Å². The molecule has 10 aromatic carbocycles. The summed E-state index contributed by atoms with van der Waals surface area (Å²) in [6, 6.07) is 61.3. The lowest BCUT2D eigenvalue weighted by atomic mass is 9.98. The van der Waals surface area contributed by atoms with Crippen molar-refractivity contribution in [1.82, 2.24) is 14.5 Å². The number of rotatable bonds is 5. The van der Waals surface area contributed by atoms with Crippen molar-refractivity contribution < 1.29 is 6.85 Å². The molecule has 274 valence electrons. The largest absolute Gasteiger partial charge is 0.309 e. The Morgan fingerprint density at radius 1 is 0.390 bits per heavy atom. The summed E-state index contributed by atoms with van der Waals surface area (Å²) in [5.74, 6) is 0.509. The maximum atomic E-state index is 8.77. The van der Waals surface area contributed by atoms with Gasteiger partial charge in [0.05, 0.1) is 34.8 Å². The molecule has 0 aliphatic rings. The maximum absolute atomic E-state index is 8.77. The molecule has 3 heteroatoms. The fourth-order valence-electron chi connectivity index (χ4n) is 8.88. The van der Waals surface area contributed by atoms with E-state index >= 15 is 0 Å². The van der Waals surface area contributed by atoms with Gasteiger partial charge in [-0.25, -0.2) is 9.97 Å². The molecule has 0 aliphatic heterocycles. The zero-order chi connectivity index (χ0) is 43.2. The van der Waals surface area contributed by atoms with Crippen LogP contribution in [0.2, 0.25) is 0 Å². The summed E-state index contributed by atoms with van der Waals surface area (Å²) in [4.78, 5) is 10.6. The van der Waals surface area contributed by atoms with Gasteiger partial charge in [0.1, 0.15) is 0 Å². The molecule has 3 nitrogen and oxygen atoms in total. The van der Waals surface area contributed by atoms with Crippen molar-refractivity contribution in [3.8, 4) is 50.6 Å². The fourth-order valence-corrected chi connectivity index (χ4v) is 8.88. The Balaban J connectivity index is 1.11. The number of nitrogens with zero attached hydrogens (tertiary/aromatic N) is 3. The summed E-state index contributed by atoms with van der Waals surface area (Å²) in [7, 11) is 0. The van der Waals surface area contributed by atoms with Crippen LogP contribution in [-0.2, 0) is 0 Å². The molecule has 0 bridgehead atoms. The molecule has 2 aromatic heterocycles. The predicted octanol–water partition coefficient (Wildman–Crippen LogP) is 14.9. The van der Waals surface area contributed by atoms with Crippen LogP contribution in [0.3, 0.4) is 0 Å². The van der Waals surface area contributed by atoms with E-state index in [2.05, 4.69) is 144 Å². The van der Waals surface area contributed by atoms with Crippen molar-refractivity contribution in [2.75, 3.05) is 0 Å². The highest BCUT2D eigenvalue weighted by molar-refractivity contribution is 6.24. The van der Waals surface area contributed by atoms with Gasteiger partial charge in [-0.1, -0.05) is 170 Å². The monoisotopic (exact) mass is 754 g/mol. The van der Waals surface area contributed by atoms with Gasteiger partial charge < -0.3 is 4.57 Å². The predicted molar refractivity (Wildman–Crippen MR) is 248 cm³/mol. The smallest absolute Gasteiger partial charge is 0.161 e. The highest BCUT2D eigenvalue weighted by atomic mass is 15.0. The normalized spacial score (nSPS) is 12.9. The third-order valence-corrected chi connectivity index (χ3v) is 11.7. The third kappa shape index (κ3) is 5.44.